The Labute approximate surface area is 132 Å². The Morgan fingerprint density at radius 3 is 2.13 bits per heavy atom. The Morgan fingerprint density at radius 2 is 1.78 bits per heavy atom. The van der Waals surface area contributed by atoms with Gasteiger partial charge >= 0.3 is 12.3 Å². The Bertz CT molecular complexity index is 579. The average molecular weight is 332 g/mol. The van der Waals surface area contributed by atoms with Crippen molar-refractivity contribution in [3.05, 3.63) is 29.6 Å². The first kappa shape index (κ1) is 18.9. The van der Waals surface area contributed by atoms with Crippen molar-refractivity contribution in [1.82, 2.24) is 9.88 Å². The van der Waals surface area contributed by atoms with Crippen molar-refractivity contribution in [2.24, 2.45) is 0 Å². The summed E-state index contributed by atoms with van der Waals surface area (Å²) in [6.07, 6.45) is -4.25. The van der Waals surface area contributed by atoms with Gasteiger partial charge < -0.3 is 9.53 Å². The zero-order chi connectivity index (χ0) is 18.1. The van der Waals surface area contributed by atoms with E-state index in [0.29, 0.717) is 12.5 Å². The van der Waals surface area contributed by atoms with Gasteiger partial charge in [-0.3, -0.25) is 9.88 Å². The minimum Gasteiger partial charge on any atom is -0.444 e. The first-order chi connectivity index (χ1) is 10.3. The van der Waals surface area contributed by atoms with Crippen LogP contribution in [-0.4, -0.2) is 34.9 Å². The van der Waals surface area contributed by atoms with Crippen molar-refractivity contribution in [1.29, 1.82) is 0 Å². The van der Waals surface area contributed by atoms with Gasteiger partial charge in [0.25, 0.3) is 0 Å². The number of aromatic nitrogens is 1. The summed E-state index contributed by atoms with van der Waals surface area (Å²) >= 11 is 0. The number of aldehydes is 1. The summed E-state index contributed by atoms with van der Waals surface area (Å²) in [6, 6.07) is 1.88. The van der Waals surface area contributed by atoms with E-state index in [9.17, 15) is 22.8 Å². The van der Waals surface area contributed by atoms with Crippen molar-refractivity contribution in [2.45, 2.75) is 45.0 Å². The fourth-order valence-electron chi connectivity index (χ4n) is 1.69. The van der Waals surface area contributed by atoms with Crippen molar-refractivity contribution in [3.63, 3.8) is 0 Å². The second kappa shape index (κ2) is 6.17. The van der Waals surface area contributed by atoms with Gasteiger partial charge in [0.2, 0.25) is 0 Å². The molecule has 1 rings (SSSR count). The second-order valence-electron chi connectivity index (χ2n) is 6.23. The summed E-state index contributed by atoms with van der Waals surface area (Å²) in [5, 5.41) is 0. The number of pyridine rings is 1. The molecule has 23 heavy (non-hydrogen) atoms. The lowest BCUT2D eigenvalue weighted by molar-refractivity contribution is -0.137. The number of hydrogen-bond donors (Lipinski definition) is 0. The number of hydrogen-bond acceptors (Lipinski definition) is 4. The zero-order valence-electron chi connectivity index (χ0n) is 13.6. The Hall–Kier alpha value is -2.12. The quantitative estimate of drug-likeness (QED) is 0.796. The van der Waals surface area contributed by atoms with Crippen molar-refractivity contribution in [2.75, 3.05) is 7.05 Å². The third kappa shape index (κ3) is 4.43. The van der Waals surface area contributed by atoms with Gasteiger partial charge in [-0.2, -0.15) is 13.2 Å². The Kier molecular flexibility index (Phi) is 5.08. The number of carbonyl (C=O) groups is 2. The second-order valence-corrected chi connectivity index (χ2v) is 6.23. The van der Waals surface area contributed by atoms with Gasteiger partial charge in [-0.1, -0.05) is 0 Å². The van der Waals surface area contributed by atoms with Crippen LogP contribution in [0, 0.1) is 0 Å². The summed E-state index contributed by atoms with van der Waals surface area (Å²) < 4.78 is 42.9. The van der Waals surface area contributed by atoms with Crippen LogP contribution in [0.3, 0.4) is 0 Å². The van der Waals surface area contributed by atoms with Crippen LogP contribution in [0.2, 0.25) is 0 Å². The van der Waals surface area contributed by atoms with Crippen LogP contribution in [0.4, 0.5) is 18.0 Å². The number of alkyl halides is 3. The highest BCUT2D eigenvalue weighted by Crippen LogP contribution is 2.31. The highest BCUT2D eigenvalue weighted by molar-refractivity contribution is 5.77. The molecule has 1 heterocycles. The highest BCUT2D eigenvalue weighted by atomic mass is 19.4. The lowest BCUT2D eigenvalue weighted by atomic mass is 9.97. The van der Waals surface area contributed by atoms with Crippen molar-refractivity contribution >= 4 is 12.4 Å². The summed E-state index contributed by atoms with van der Waals surface area (Å²) in [4.78, 5) is 28.3. The maximum absolute atomic E-state index is 12.6. The van der Waals surface area contributed by atoms with E-state index in [-0.39, 0.29) is 5.69 Å². The normalized spacial score (nSPS) is 14.8. The molecular formula is C15H19F3N2O3. The summed E-state index contributed by atoms with van der Waals surface area (Å²) in [5.74, 6) is 0. The summed E-state index contributed by atoms with van der Waals surface area (Å²) in [5.41, 5.74) is -3.25. The van der Waals surface area contributed by atoms with Gasteiger partial charge in [-0.25, -0.2) is 4.79 Å². The standard InChI is InChI=1S/C15H19F3N2O3/c1-13(2,3)23-12(22)20(5)14(4,9-21)11-7-6-10(8-19-11)15(16,17)18/h6-9H,1-5H3. The van der Waals surface area contributed by atoms with E-state index in [4.69, 9.17) is 4.74 Å². The van der Waals surface area contributed by atoms with Gasteiger partial charge in [-0.15, -0.1) is 0 Å². The lowest BCUT2D eigenvalue weighted by Crippen LogP contribution is -2.48. The molecule has 0 spiro atoms. The SMILES string of the molecule is CN(C(=O)OC(C)(C)C)C(C)(C=O)c1ccc(C(F)(F)F)cn1. The molecular weight excluding hydrogens is 313 g/mol. The van der Waals surface area contributed by atoms with E-state index in [2.05, 4.69) is 4.98 Å². The molecule has 8 heteroatoms. The van der Waals surface area contributed by atoms with Crippen LogP contribution in [0.1, 0.15) is 39.0 Å². The molecule has 128 valence electrons. The predicted octanol–water partition coefficient (Wildman–Crippen LogP) is 3.38. The van der Waals surface area contributed by atoms with Crippen LogP contribution in [-0.2, 0) is 21.2 Å². The topological polar surface area (TPSA) is 59.5 Å². The Balaban J connectivity index is 3.14. The summed E-state index contributed by atoms with van der Waals surface area (Å²) in [7, 11) is 1.32. The van der Waals surface area contributed by atoms with Crippen LogP contribution < -0.4 is 0 Å². The van der Waals surface area contributed by atoms with Crippen molar-refractivity contribution in [3.8, 4) is 0 Å². The molecule has 0 radical (unpaired) electrons. The number of amides is 1. The molecule has 1 amide bonds. The van der Waals surface area contributed by atoms with Gasteiger partial charge in [0, 0.05) is 13.2 Å². The molecule has 1 aromatic heterocycles. The number of ether oxygens (including phenoxy) is 1. The molecule has 0 aliphatic carbocycles. The number of halogens is 3. The first-order valence-electron chi connectivity index (χ1n) is 6.78. The number of rotatable bonds is 3. The number of nitrogens with zero attached hydrogens (tertiary/aromatic N) is 2. The molecule has 0 N–H and O–H groups in total. The Morgan fingerprint density at radius 1 is 1.22 bits per heavy atom. The molecule has 0 saturated heterocycles. The average Bonchev–Trinajstić information content (AvgIpc) is 2.43. The predicted molar refractivity (Wildman–Crippen MR) is 76.7 cm³/mol. The smallest absolute Gasteiger partial charge is 0.417 e. The van der Waals surface area contributed by atoms with E-state index in [0.717, 1.165) is 17.0 Å². The van der Waals surface area contributed by atoms with Crippen LogP contribution in [0.5, 0.6) is 0 Å². The molecule has 1 aromatic rings. The minimum absolute atomic E-state index is 0.00820. The van der Waals surface area contributed by atoms with E-state index < -0.39 is 29.0 Å². The molecule has 5 nitrogen and oxygen atoms in total. The van der Waals surface area contributed by atoms with Gasteiger partial charge in [0.05, 0.1) is 11.3 Å². The van der Waals surface area contributed by atoms with Crippen LogP contribution in [0.25, 0.3) is 0 Å². The molecule has 0 saturated carbocycles. The lowest BCUT2D eigenvalue weighted by Gasteiger charge is -2.35. The maximum atomic E-state index is 12.6. The third-order valence-electron chi connectivity index (χ3n) is 3.20. The van der Waals surface area contributed by atoms with E-state index in [1.807, 2.05) is 0 Å². The van der Waals surface area contributed by atoms with E-state index in [1.54, 1.807) is 20.8 Å². The van der Waals surface area contributed by atoms with Gasteiger partial charge in [0.1, 0.15) is 11.1 Å². The fourth-order valence-corrected chi connectivity index (χ4v) is 1.69. The maximum Gasteiger partial charge on any atom is 0.417 e. The molecule has 0 fully saturated rings. The third-order valence-corrected chi connectivity index (χ3v) is 3.20. The highest BCUT2D eigenvalue weighted by Gasteiger charge is 2.39. The van der Waals surface area contributed by atoms with E-state index in [1.165, 1.54) is 14.0 Å². The largest absolute Gasteiger partial charge is 0.444 e. The molecule has 0 aliphatic rings. The van der Waals surface area contributed by atoms with Crippen LogP contribution >= 0.6 is 0 Å². The number of likely N-dealkylation sites (N-methyl/N-ethyl adjacent to an activating group) is 1. The molecule has 1 unspecified atom stereocenters. The molecule has 0 aliphatic heterocycles. The first-order valence-corrected chi connectivity index (χ1v) is 6.78. The van der Waals surface area contributed by atoms with Crippen molar-refractivity contribution < 1.29 is 27.5 Å². The molecule has 0 bridgehead atoms. The monoisotopic (exact) mass is 332 g/mol. The van der Waals surface area contributed by atoms with Gasteiger partial charge in [-0.05, 0) is 39.8 Å². The number of carbonyl (C=O) groups excluding carboxylic acids is 2. The van der Waals surface area contributed by atoms with Crippen LogP contribution in [0.15, 0.2) is 18.3 Å². The zero-order valence-corrected chi connectivity index (χ0v) is 13.6. The fraction of sp³-hybridized carbons (Fsp3) is 0.533. The molecule has 0 aromatic carbocycles. The minimum atomic E-state index is -4.53. The van der Waals surface area contributed by atoms with E-state index >= 15 is 0 Å². The van der Waals surface area contributed by atoms with Gasteiger partial charge in [0.15, 0.2) is 6.29 Å². The molecule has 1 atom stereocenters. The summed E-state index contributed by atoms with van der Waals surface area (Å²) in [6.45, 7) is 6.35.